The third-order valence-corrected chi connectivity index (χ3v) is 17.2. The Morgan fingerprint density at radius 2 is 0.570 bits per heavy atom. The van der Waals surface area contributed by atoms with Crippen molar-refractivity contribution in [3.05, 3.63) is 198 Å². The van der Waals surface area contributed by atoms with Crippen molar-refractivity contribution >= 4 is 57.2 Å². The van der Waals surface area contributed by atoms with E-state index in [0.29, 0.717) is 0 Å². The van der Waals surface area contributed by atoms with Crippen LogP contribution in [0, 0.1) is 0 Å². The minimum atomic E-state index is -0.244. The molecule has 394 valence electrons. The third-order valence-electron chi connectivity index (χ3n) is 17.2. The summed E-state index contributed by atoms with van der Waals surface area (Å²) in [4.78, 5) is 5.37. The Balaban J connectivity index is 1.29. The van der Waals surface area contributed by atoms with Gasteiger partial charge >= 0.3 is 0 Å². The van der Waals surface area contributed by atoms with E-state index in [1.54, 1.807) is 0 Å². The van der Waals surface area contributed by atoms with E-state index < -0.39 is 0 Å². The van der Waals surface area contributed by atoms with Crippen LogP contribution in [0.2, 0.25) is 0 Å². The summed E-state index contributed by atoms with van der Waals surface area (Å²) in [6.45, 7) is 35.0. The van der Waals surface area contributed by atoms with Crippen molar-refractivity contribution in [3.8, 4) is 67.5 Å². The van der Waals surface area contributed by atoms with E-state index >= 15 is 0 Å². The fraction of sp³-hybridized carbons (Fsp3) is 0.270. The molecule has 0 saturated carbocycles. The van der Waals surface area contributed by atoms with Crippen LogP contribution < -0.4 is 35.7 Å². The number of benzene rings is 9. The van der Waals surface area contributed by atoms with Gasteiger partial charge in [-0.05, 0) is 144 Å². The maximum absolute atomic E-state index is 7.32. The van der Waals surface area contributed by atoms with Crippen molar-refractivity contribution in [3.63, 3.8) is 0 Å². The number of hydrogen-bond donors (Lipinski definition) is 0. The lowest BCUT2D eigenvalue weighted by atomic mass is 9.32. The summed E-state index contributed by atoms with van der Waals surface area (Å²) in [6, 6.07) is 64.5. The first-order valence-electron chi connectivity index (χ1n) is 28.5. The van der Waals surface area contributed by atoms with E-state index in [1.807, 2.05) is 0 Å². The zero-order valence-electron chi connectivity index (χ0n) is 49.0. The minimum Gasteiger partial charge on any atom is -0.456 e. The van der Waals surface area contributed by atoms with Gasteiger partial charge in [-0.3, -0.25) is 0 Å². The van der Waals surface area contributed by atoms with Crippen LogP contribution in [0.1, 0.15) is 132 Å². The molecular weight excluding hydrogens is 960 g/mol. The largest absolute Gasteiger partial charge is 0.456 e. The Labute approximate surface area is 470 Å². The molecule has 13 rings (SSSR count). The van der Waals surface area contributed by atoms with Crippen LogP contribution in [-0.2, 0) is 27.1 Å². The number of rotatable bonds is 0. The summed E-state index contributed by atoms with van der Waals surface area (Å²) in [5.74, 6) is 3.33. The van der Waals surface area contributed by atoms with Gasteiger partial charge in [0.25, 0.3) is 6.71 Å². The number of anilines is 6. The van der Waals surface area contributed by atoms with Crippen LogP contribution in [0.5, 0.6) is 23.0 Å². The van der Waals surface area contributed by atoms with Crippen LogP contribution in [0.25, 0.3) is 44.5 Å². The quantitative estimate of drug-likeness (QED) is 0.141. The Morgan fingerprint density at radius 3 is 0.899 bits per heavy atom. The van der Waals surface area contributed by atoms with E-state index in [1.165, 1.54) is 67.0 Å². The van der Waals surface area contributed by atoms with Crippen molar-refractivity contribution in [2.24, 2.45) is 0 Å². The highest BCUT2D eigenvalue weighted by molar-refractivity contribution is 7.00. The van der Waals surface area contributed by atoms with Gasteiger partial charge in [0.2, 0.25) is 0 Å². The maximum atomic E-state index is 7.32. The van der Waals surface area contributed by atoms with Gasteiger partial charge in [-0.15, -0.1) is 0 Å². The minimum absolute atomic E-state index is 0.118. The first-order valence-corrected chi connectivity index (χ1v) is 28.5. The molecule has 0 N–H and O–H groups in total. The van der Waals surface area contributed by atoms with E-state index in [2.05, 4.69) is 284 Å². The number of ether oxygens (including phenoxy) is 2. The first kappa shape index (κ1) is 50.7. The average Bonchev–Trinajstić information content (AvgIpc) is 3.23. The highest BCUT2D eigenvalue weighted by Gasteiger charge is 2.48. The zero-order chi connectivity index (χ0) is 55.5. The molecule has 0 fully saturated rings. The summed E-state index contributed by atoms with van der Waals surface area (Å²) in [5, 5.41) is 0. The number of fused-ring (bicyclic) bond motifs is 16. The molecule has 0 amide bonds. The monoisotopic (exact) mass is 1030 g/mol. The third kappa shape index (κ3) is 8.16. The smallest absolute Gasteiger partial charge is 0.252 e. The molecular formula is C74H73BN2O2. The summed E-state index contributed by atoms with van der Waals surface area (Å²) in [7, 11) is 0. The van der Waals surface area contributed by atoms with Crippen molar-refractivity contribution < 1.29 is 9.47 Å². The molecule has 0 bridgehead atoms. The van der Waals surface area contributed by atoms with Crippen molar-refractivity contribution in [1.29, 1.82) is 0 Å². The molecule has 5 heteroatoms. The second-order valence-electron chi connectivity index (χ2n) is 27.9. The molecule has 0 atom stereocenters. The molecule has 0 aliphatic carbocycles. The highest BCUT2D eigenvalue weighted by Crippen LogP contribution is 2.57. The molecule has 0 spiro atoms. The number of para-hydroxylation sites is 4. The van der Waals surface area contributed by atoms with Crippen molar-refractivity contribution in [2.45, 2.75) is 131 Å². The summed E-state index contributed by atoms with van der Waals surface area (Å²) in [5.41, 5.74) is 25.1. The van der Waals surface area contributed by atoms with Gasteiger partial charge in [0, 0.05) is 67.3 Å². The second kappa shape index (κ2) is 17.4. The highest BCUT2D eigenvalue weighted by atomic mass is 16.5. The lowest BCUT2D eigenvalue weighted by molar-refractivity contribution is 0.486. The van der Waals surface area contributed by atoms with Gasteiger partial charge in [0.1, 0.15) is 23.0 Å². The Bertz CT molecular complexity index is 3760. The zero-order valence-corrected chi connectivity index (χ0v) is 49.0. The van der Waals surface area contributed by atoms with Gasteiger partial charge < -0.3 is 19.3 Å². The first-order chi connectivity index (χ1) is 37.3. The van der Waals surface area contributed by atoms with Crippen LogP contribution in [0.15, 0.2) is 170 Å². The molecule has 0 unspecified atom stereocenters. The molecule has 0 radical (unpaired) electrons. The van der Waals surface area contributed by atoms with Crippen LogP contribution >= 0.6 is 0 Å². The van der Waals surface area contributed by atoms with E-state index in [9.17, 15) is 0 Å². The molecule has 4 heterocycles. The fourth-order valence-electron chi connectivity index (χ4n) is 12.6. The summed E-state index contributed by atoms with van der Waals surface area (Å²) < 4.78 is 14.6. The lowest BCUT2D eigenvalue weighted by Gasteiger charge is -2.48. The fourth-order valence-corrected chi connectivity index (χ4v) is 12.6. The molecule has 0 saturated heterocycles. The van der Waals surface area contributed by atoms with Gasteiger partial charge in [-0.2, -0.15) is 0 Å². The Kier molecular flexibility index (Phi) is 11.2. The van der Waals surface area contributed by atoms with Gasteiger partial charge in [0.15, 0.2) is 0 Å². The molecule has 9 aromatic carbocycles. The van der Waals surface area contributed by atoms with E-state index in [4.69, 9.17) is 9.47 Å². The molecule has 79 heavy (non-hydrogen) atoms. The number of nitrogens with zero attached hydrogens (tertiary/aromatic N) is 2. The SMILES string of the molecule is CC(C)(C)c1ccc2c(c1)-c1ccccc1Oc1ccccc1-c1cc(C(C)(C)C)cc3c1N2c1cc(C(C)(C)C)cc2c1B3c1cc(C(C)(C)C)cc3c1N2c1ccc(C(C)(C)C)cc1-c1ccccc1Oc1ccccc1-3. The van der Waals surface area contributed by atoms with Gasteiger partial charge in [-0.25, -0.2) is 0 Å². The standard InChI is InChI=1S/C74H73BN2O2/c1-70(2,3)44-32-34-59-53(36-44)49-24-16-20-28-63(49)78-65-30-22-18-26-51(65)55-38-46(72(7,8)9)40-57-68(55)76(59)61-42-48(74(13,14)15)43-62-67(61)75(57)58-41-47(73(10,11)12)39-56-52-27-19-23-31-66(52)79-64-29-21-17-25-50(64)54-37-45(71(4,5)6)33-35-60(54)77(62)69(56)58/h16-43H,1-15H3. The van der Waals surface area contributed by atoms with E-state index in [-0.39, 0.29) is 33.8 Å². The molecule has 4 nitrogen and oxygen atoms in total. The number of hydrogen-bond acceptors (Lipinski definition) is 4. The lowest BCUT2D eigenvalue weighted by Crippen LogP contribution is -2.62. The van der Waals surface area contributed by atoms with E-state index in [0.717, 1.165) is 78.9 Å². The average molecular weight is 1030 g/mol. The van der Waals surface area contributed by atoms with Gasteiger partial charge in [0.05, 0.1) is 11.4 Å². The maximum Gasteiger partial charge on any atom is 0.252 e. The predicted octanol–water partition coefficient (Wildman–Crippen LogP) is 19.1. The summed E-state index contributed by atoms with van der Waals surface area (Å²) in [6.07, 6.45) is 0. The summed E-state index contributed by atoms with van der Waals surface area (Å²) >= 11 is 0. The van der Waals surface area contributed by atoms with Crippen LogP contribution in [-0.4, -0.2) is 6.71 Å². The molecule has 4 aliphatic rings. The predicted molar refractivity (Wildman–Crippen MR) is 336 cm³/mol. The topological polar surface area (TPSA) is 24.9 Å². The normalized spacial score (nSPS) is 14.1. The molecule has 0 aromatic heterocycles. The van der Waals surface area contributed by atoms with Gasteiger partial charge in [-0.1, -0.05) is 201 Å². The van der Waals surface area contributed by atoms with Crippen molar-refractivity contribution in [2.75, 3.05) is 9.80 Å². The second-order valence-corrected chi connectivity index (χ2v) is 27.9. The van der Waals surface area contributed by atoms with Crippen molar-refractivity contribution in [1.82, 2.24) is 0 Å². The molecule has 4 aliphatic heterocycles. The van der Waals surface area contributed by atoms with Crippen LogP contribution in [0.3, 0.4) is 0 Å². The van der Waals surface area contributed by atoms with Crippen LogP contribution in [0.4, 0.5) is 34.1 Å². The Hall–Kier alpha value is -7.76. The molecule has 9 aromatic rings. The Morgan fingerprint density at radius 1 is 0.278 bits per heavy atom.